The Kier molecular flexibility index (Phi) is 6.37. The van der Waals surface area contributed by atoms with Crippen LogP contribution in [0.5, 0.6) is 17.2 Å². The summed E-state index contributed by atoms with van der Waals surface area (Å²) in [5, 5.41) is 3.45. The van der Waals surface area contributed by atoms with E-state index in [1.807, 2.05) is 30.3 Å². The van der Waals surface area contributed by atoms with Gasteiger partial charge in [0.2, 0.25) is 0 Å². The Morgan fingerprint density at radius 3 is 2.36 bits per heavy atom. The van der Waals surface area contributed by atoms with Crippen LogP contribution in [-0.2, 0) is 9.59 Å². The highest BCUT2D eigenvalue weighted by atomic mass is 35.5. The van der Waals surface area contributed by atoms with Crippen molar-refractivity contribution in [3.8, 4) is 17.2 Å². The molecule has 178 valence electrons. The van der Waals surface area contributed by atoms with Crippen molar-refractivity contribution < 1.29 is 19.1 Å². The molecule has 0 spiro atoms. The van der Waals surface area contributed by atoms with E-state index in [1.54, 1.807) is 55.6 Å². The summed E-state index contributed by atoms with van der Waals surface area (Å²) in [6, 6.07) is 23.2. The molecule has 0 aliphatic carbocycles. The molecular formula is C27H18ClN3O4S. The number of rotatable bonds is 5. The van der Waals surface area contributed by atoms with Crippen molar-refractivity contribution in [2.24, 2.45) is 0 Å². The lowest BCUT2D eigenvalue weighted by Crippen LogP contribution is -2.54. The van der Waals surface area contributed by atoms with E-state index in [2.05, 4.69) is 10.3 Å². The molecule has 1 aliphatic rings. The number of aromatic nitrogens is 1. The highest BCUT2D eigenvalue weighted by Gasteiger charge is 2.34. The van der Waals surface area contributed by atoms with Crippen molar-refractivity contribution in [3.05, 3.63) is 95.2 Å². The van der Waals surface area contributed by atoms with Crippen molar-refractivity contribution in [1.82, 2.24) is 10.3 Å². The molecular weight excluding hydrogens is 498 g/mol. The summed E-state index contributed by atoms with van der Waals surface area (Å²) in [7, 11) is 1.57. The van der Waals surface area contributed by atoms with Gasteiger partial charge in [0.05, 0.1) is 18.3 Å². The van der Waals surface area contributed by atoms with Gasteiger partial charge in [0.1, 0.15) is 28.0 Å². The summed E-state index contributed by atoms with van der Waals surface area (Å²) in [6.07, 6.45) is 1.41. The van der Waals surface area contributed by atoms with Crippen molar-refractivity contribution in [3.63, 3.8) is 0 Å². The van der Waals surface area contributed by atoms with Gasteiger partial charge in [-0.05, 0) is 79.0 Å². The zero-order valence-electron chi connectivity index (χ0n) is 18.9. The van der Waals surface area contributed by atoms with Gasteiger partial charge in [0, 0.05) is 10.9 Å². The van der Waals surface area contributed by atoms with Gasteiger partial charge >= 0.3 is 0 Å². The zero-order valence-corrected chi connectivity index (χ0v) is 20.5. The fourth-order valence-corrected chi connectivity index (χ4v) is 4.19. The largest absolute Gasteiger partial charge is 0.497 e. The molecule has 2 amide bonds. The number of hydrogen-bond acceptors (Lipinski definition) is 6. The van der Waals surface area contributed by atoms with Crippen molar-refractivity contribution in [2.45, 2.75) is 0 Å². The number of thiocarbonyl (C=S) groups is 1. The first-order valence-electron chi connectivity index (χ1n) is 10.8. The number of ether oxygens (including phenoxy) is 2. The van der Waals surface area contributed by atoms with E-state index in [-0.39, 0.29) is 15.8 Å². The molecule has 36 heavy (non-hydrogen) atoms. The molecule has 1 N–H and O–H groups in total. The van der Waals surface area contributed by atoms with Crippen molar-refractivity contribution in [1.29, 1.82) is 0 Å². The molecule has 0 bridgehead atoms. The quantitative estimate of drug-likeness (QED) is 0.163. The molecule has 0 radical (unpaired) electrons. The monoisotopic (exact) mass is 515 g/mol. The average molecular weight is 516 g/mol. The predicted molar refractivity (Wildman–Crippen MR) is 142 cm³/mol. The maximum absolute atomic E-state index is 13.4. The molecule has 9 heteroatoms. The van der Waals surface area contributed by atoms with Crippen LogP contribution in [0.25, 0.3) is 17.0 Å². The number of carbonyl (C=O) groups is 2. The number of benzene rings is 3. The zero-order chi connectivity index (χ0) is 25.2. The molecule has 0 saturated carbocycles. The number of pyridine rings is 1. The maximum Gasteiger partial charge on any atom is 0.270 e. The minimum absolute atomic E-state index is 0.0219. The van der Waals surface area contributed by atoms with Crippen molar-refractivity contribution in [2.75, 3.05) is 12.0 Å². The highest BCUT2D eigenvalue weighted by Crippen LogP contribution is 2.29. The number of carbonyl (C=O) groups excluding carboxylic acids is 2. The first-order valence-corrected chi connectivity index (χ1v) is 11.6. The Morgan fingerprint density at radius 2 is 1.64 bits per heavy atom. The van der Waals surface area contributed by atoms with Gasteiger partial charge in [-0.25, -0.2) is 4.98 Å². The molecule has 2 heterocycles. The van der Waals surface area contributed by atoms with Crippen LogP contribution in [0, 0.1) is 0 Å². The standard InChI is InChI=1S/C27H18ClN3O4S/c1-34-21-11-12-23-16(14-21)13-17(24(28)29-23)15-22-25(32)30-27(36)31(26(22)33)18-7-9-20(10-8-18)35-19-5-3-2-4-6-19/h2-15H,1H3,(H,30,32,36). The second kappa shape index (κ2) is 9.77. The van der Waals surface area contributed by atoms with Gasteiger partial charge in [-0.2, -0.15) is 0 Å². The molecule has 1 saturated heterocycles. The number of para-hydroxylation sites is 1. The van der Waals surface area contributed by atoms with Crippen LogP contribution >= 0.6 is 23.8 Å². The van der Waals surface area contributed by atoms with Gasteiger partial charge < -0.3 is 9.47 Å². The molecule has 1 fully saturated rings. The second-order valence-corrected chi connectivity index (χ2v) is 8.54. The van der Waals surface area contributed by atoms with Crippen LogP contribution in [0.2, 0.25) is 5.15 Å². The summed E-state index contributed by atoms with van der Waals surface area (Å²) in [4.78, 5) is 31.7. The van der Waals surface area contributed by atoms with E-state index in [0.717, 1.165) is 5.39 Å². The normalized spacial score (nSPS) is 14.8. The Hall–Kier alpha value is -4.27. The maximum atomic E-state index is 13.4. The number of anilines is 1. The molecule has 1 aromatic heterocycles. The number of halogens is 1. The summed E-state index contributed by atoms with van der Waals surface area (Å²) < 4.78 is 11.1. The van der Waals surface area contributed by atoms with Crippen LogP contribution in [-0.4, -0.2) is 29.0 Å². The van der Waals surface area contributed by atoms with Gasteiger partial charge in [-0.1, -0.05) is 29.8 Å². The Bertz CT molecular complexity index is 1540. The van der Waals surface area contributed by atoms with Crippen LogP contribution < -0.4 is 19.7 Å². The van der Waals surface area contributed by atoms with Gasteiger partial charge in [-0.15, -0.1) is 0 Å². The summed E-state index contributed by atoms with van der Waals surface area (Å²) >= 11 is 11.7. The summed E-state index contributed by atoms with van der Waals surface area (Å²) in [5.74, 6) is 0.720. The molecule has 7 nitrogen and oxygen atoms in total. The molecule has 1 aliphatic heterocycles. The van der Waals surface area contributed by atoms with E-state index in [4.69, 9.17) is 33.3 Å². The fraction of sp³-hybridized carbons (Fsp3) is 0.0370. The number of methoxy groups -OCH3 is 1. The van der Waals surface area contributed by atoms with Gasteiger partial charge in [0.15, 0.2) is 5.11 Å². The minimum Gasteiger partial charge on any atom is -0.497 e. The Balaban J connectivity index is 1.46. The van der Waals surface area contributed by atoms with E-state index < -0.39 is 11.8 Å². The lowest BCUT2D eigenvalue weighted by Gasteiger charge is -2.29. The third-order valence-electron chi connectivity index (χ3n) is 5.48. The lowest BCUT2D eigenvalue weighted by atomic mass is 10.1. The summed E-state index contributed by atoms with van der Waals surface area (Å²) in [5.41, 5.74) is 1.42. The topological polar surface area (TPSA) is 80.8 Å². The van der Waals surface area contributed by atoms with Gasteiger partial charge in [0.25, 0.3) is 11.8 Å². The first-order chi connectivity index (χ1) is 17.4. The lowest BCUT2D eigenvalue weighted by molar-refractivity contribution is -0.122. The number of nitrogens with zero attached hydrogens (tertiary/aromatic N) is 2. The molecule has 5 rings (SSSR count). The minimum atomic E-state index is -0.618. The van der Waals surface area contributed by atoms with E-state index in [0.29, 0.717) is 34.0 Å². The smallest absolute Gasteiger partial charge is 0.270 e. The number of fused-ring (bicyclic) bond motifs is 1. The van der Waals surface area contributed by atoms with Crippen LogP contribution in [0.1, 0.15) is 5.56 Å². The van der Waals surface area contributed by atoms with E-state index in [1.165, 1.54) is 11.0 Å². The second-order valence-electron chi connectivity index (χ2n) is 7.79. The Labute approximate surface area is 216 Å². The fourth-order valence-electron chi connectivity index (χ4n) is 3.71. The van der Waals surface area contributed by atoms with E-state index in [9.17, 15) is 9.59 Å². The number of amides is 2. The van der Waals surface area contributed by atoms with Crippen LogP contribution in [0.15, 0.2) is 84.4 Å². The predicted octanol–water partition coefficient (Wildman–Crippen LogP) is 5.52. The Morgan fingerprint density at radius 1 is 0.944 bits per heavy atom. The molecule has 0 atom stereocenters. The third kappa shape index (κ3) is 4.64. The highest BCUT2D eigenvalue weighted by molar-refractivity contribution is 7.80. The first kappa shape index (κ1) is 23.5. The van der Waals surface area contributed by atoms with Gasteiger partial charge in [-0.3, -0.25) is 19.8 Å². The van der Waals surface area contributed by atoms with Crippen molar-refractivity contribution >= 4 is 63.4 Å². The SMILES string of the molecule is COc1ccc2nc(Cl)c(C=C3C(=O)NC(=S)N(c4ccc(Oc5ccccc5)cc4)C3=O)cc2c1. The number of nitrogens with one attached hydrogen (secondary N) is 1. The van der Waals surface area contributed by atoms with Crippen LogP contribution in [0.4, 0.5) is 5.69 Å². The molecule has 4 aromatic rings. The third-order valence-corrected chi connectivity index (χ3v) is 6.07. The van der Waals surface area contributed by atoms with Crippen LogP contribution in [0.3, 0.4) is 0 Å². The average Bonchev–Trinajstić information content (AvgIpc) is 2.88. The molecule has 3 aromatic carbocycles. The molecule has 0 unspecified atom stereocenters. The number of hydrogen-bond donors (Lipinski definition) is 1. The van der Waals surface area contributed by atoms with E-state index >= 15 is 0 Å². The summed E-state index contributed by atoms with van der Waals surface area (Å²) in [6.45, 7) is 0.